The summed E-state index contributed by atoms with van der Waals surface area (Å²) in [5.74, 6) is 0.966. The van der Waals surface area contributed by atoms with Gasteiger partial charge < -0.3 is 19.9 Å². The summed E-state index contributed by atoms with van der Waals surface area (Å²) in [6.45, 7) is 2.51. The molecule has 0 saturated heterocycles. The number of hydrogen-bond acceptors (Lipinski definition) is 6. The lowest BCUT2D eigenvalue weighted by molar-refractivity contribution is -0.116. The van der Waals surface area contributed by atoms with Gasteiger partial charge in [-0.15, -0.1) is 10.2 Å². The number of carbonyl (C=O) groups is 2. The van der Waals surface area contributed by atoms with Gasteiger partial charge in [0, 0.05) is 29.0 Å². The minimum Gasteiger partial charge on any atom is -0.497 e. The molecule has 0 fully saturated rings. The Morgan fingerprint density at radius 3 is 2.52 bits per heavy atom. The van der Waals surface area contributed by atoms with Crippen molar-refractivity contribution in [2.75, 3.05) is 23.5 Å². The molecule has 8 nitrogen and oxygen atoms in total. The second-order valence-corrected chi connectivity index (χ2v) is 7.82. The van der Waals surface area contributed by atoms with E-state index in [1.54, 1.807) is 55.6 Å². The minimum absolute atomic E-state index is 0.0651. The number of thioether (sulfide) groups is 1. The first kappa shape index (κ1) is 22.6. The molecule has 2 N–H and O–H groups in total. The van der Waals surface area contributed by atoms with Crippen LogP contribution in [0.2, 0.25) is 5.02 Å². The van der Waals surface area contributed by atoms with Gasteiger partial charge in [0.2, 0.25) is 11.8 Å². The van der Waals surface area contributed by atoms with Crippen LogP contribution < -0.4 is 15.4 Å². The molecule has 2 amide bonds. The van der Waals surface area contributed by atoms with Crippen molar-refractivity contribution in [2.45, 2.75) is 25.0 Å². The van der Waals surface area contributed by atoms with Crippen LogP contribution in [-0.4, -0.2) is 39.4 Å². The number of carbonyl (C=O) groups excluding carboxylic acids is 2. The van der Waals surface area contributed by atoms with Crippen LogP contribution in [-0.2, 0) is 22.6 Å². The van der Waals surface area contributed by atoms with E-state index in [4.69, 9.17) is 16.3 Å². The largest absolute Gasteiger partial charge is 0.497 e. The summed E-state index contributed by atoms with van der Waals surface area (Å²) in [5.41, 5.74) is 1.31. The highest BCUT2D eigenvalue weighted by molar-refractivity contribution is 7.99. The maximum atomic E-state index is 12.4. The number of methoxy groups -OCH3 is 1. The Morgan fingerprint density at radius 2 is 1.81 bits per heavy atom. The Bertz CT molecular complexity index is 1060. The molecule has 0 atom stereocenters. The van der Waals surface area contributed by atoms with E-state index in [1.807, 2.05) is 11.5 Å². The molecule has 1 heterocycles. The number of nitrogens with zero attached hydrogens (tertiary/aromatic N) is 3. The van der Waals surface area contributed by atoms with Crippen molar-refractivity contribution in [1.82, 2.24) is 14.8 Å². The number of ether oxygens (including phenoxy) is 1. The molecule has 31 heavy (non-hydrogen) atoms. The molecule has 0 bridgehead atoms. The lowest BCUT2D eigenvalue weighted by Gasteiger charge is -2.09. The predicted molar refractivity (Wildman–Crippen MR) is 122 cm³/mol. The van der Waals surface area contributed by atoms with E-state index in [1.165, 1.54) is 11.8 Å². The molecular weight excluding hydrogens is 438 g/mol. The predicted octanol–water partition coefficient (Wildman–Crippen LogP) is 3.87. The number of halogens is 1. The Balaban J connectivity index is 1.57. The normalized spacial score (nSPS) is 10.5. The van der Waals surface area contributed by atoms with Gasteiger partial charge in [-0.25, -0.2) is 0 Å². The van der Waals surface area contributed by atoms with Crippen molar-refractivity contribution in [3.63, 3.8) is 0 Å². The second kappa shape index (κ2) is 10.8. The van der Waals surface area contributed by atoms with Gasteiger partial charge in [0.1, 0.15) is 11.6 Å². The Kier molecular flexibility index (Phi) is 7.91. The molecular formula is C21H22ClN5O3S. The number of rotatable bonds is 9. The van der Waals surface area contributed by atoms with Crippen LogP contribution in [0.25, 0.3) is 0 Å². The standard InChI is InChI=1S/C21H22ClN5O3S/c1-3-27-18(12-19(28)24-16-5-4-6-17(11-16)30-2)25-26-21(27)31-13-20(29)23-15-9-7-14(22)8-10-15/h4-11H,3,12-13H2,1-2H3,(H,23,29)(H,24,28). The van der Waals surface area contributed by atoms with Crippen LogP contribution in [0, 0.1) is 0 Å². The Morgan fingerprint density at radius 1 is 1.06 bits per heavy atom. The summed E-state index contributed by atoms with van der Waals surface area (Å²) in [4.78, 5) is 24.7. The molecule has 0 saturated carbocycles. The van der Waals surface area contributed by atoms with Crippen molar-refractivity contribution in [1.29, 1.82) is 0 Å². The van der Waals surface area contributed by atoms with Crippen molar-refractivity contribution in [3.05, 3.63) is 59.4 Å². The first-order valence-electron chi connectivity index (χ1n) is 9.52. The zero-order valence-electron chi connectivity index (χ0n) is 17.1. The highest BCUT2D eigenvalue weighted by Crippen LogP contribution is 2.20. The SMILES string of the molecule is CCn1c(CC(=O)Nc2cccc(OC)c2)nnc1SCC(=O)Nc1ccc(Cl)cc1. The van der Waals surface area contributed by atoms with Gasteiger partial charge in [-0.2, -0.15) is 0 Å². The smallest absolute Gasteiger partial charge is 0.234 e. The average Bonchev–Trinajstić information content (AvgIpc) is 3.15. The third-order valence-electron chi connectivity index (χ3n) is 4.24. The molecule has 0 aliphatic carbocycles. The molecule has 162 valence electrons. The number of hydrogen-bond donors (Lipinski definition) is 2. The second-order valence-electron chi connectivity index (χ2n) is 6.44. The number of benzene rings is 2. The van der Waals surface area contributed by atoms with Crippen LogP contribution in [0.4, 0.5) is 11.4 Å². The summed E-state index contributed by atoms with van der Waals surface area (Å²) in [5, 5.41) is 15.1. The van der Waals surface area contributed by atoms with E-state index < -0.39 is 0 Å². The third-order valence-corrected chi connectivity index (χ3v) is 5.46. The van der Waals surface area contributed by atoms with E-state index in [2.05, 4.69) is 20.8 Å². The van der Waals surface area contributed by atoms with E-state index in [0.717, 1.165) is 0 Å². The van der Waals surface area contributed by atoms with Gasteiger partial charge in [0.05, 0.1) is 19.3 Å². The average molecular weight is 460 g/mol. The topological polar surface area (TPSA) is 98.1 Å². The van der Waals surface area contributed by atoms with E-state index >= 15 is 0 Å². The third kappa shape index (κ3) is 6.47. The highest BCUT2D eigenvalue weighted by Gasteiger charge is 2.16. The van der Waals surface area contributed by atoms with Crippen LogP contribution in [0.3, 0.4) is 0 Å². The summed E-state index contributed by atoms with van der Waals surface area (Å²) in [6.07, 6.45) is 0.0651. The van der Waals surface area contributed by atoms with E-state index in [9.17, 15) is 9.59 Å². The minimum atomic E-state index is -0.215. The molecule has 2 aromatic carbocycles. The molecule has 0 unspecified atom stereocenters. The van der Waals surface area contributed by atoms with Crippen molar-refractivity contribution >= 4 is 46.6 Å². The number of amides is 2. The first-order chi connectivity index (χ1) is 15.0. The van der Waals surface area contributed by atoms with Crippen molar-refractivity contribution < 1.29 is 14.3 Å². The lowest BCUT2D eigenvalue weighted by atomic mass is 10.3. The first-order valence-corrected chi connectivity index (χ1v) is 10.9. The molecule has 3 rings (SSSR count). The quantitative estimate of drug-likeness (QED) is 0.471. The maximum Gasteiger partial charge on any atom is 0.234 e. The summed E-state index contributed by atoms with van der Waals surface area (Å²) in [7, 11) is 1.57. The molecule has 0 spiro atoms. The monoisotopic (exact) mass is 459 g/mol. The number of nitrogens with one attached hydrogen (secondary N) is 2. The fourth-order valence-corrected chi connectivity index (χ4v) is 3.73. The van der Waals surface area contributed by atoms with Crippen LogP contribution >= 0.6 is 23.4 Å². The highest BCUT2D eigenvalue weighted by atomic mass is 35.5. The molecule has 3 aromatic rings. The van der Waals surface area contributed by atoms with E-state index in [0.29, 0.717) is 39.7 Å². The van der Waals surface area contributed by atoms with Crippen LogP contribution in [0.5, 0.6) is 5.75 Å². The summed E-state index contributed by atoms with van der Waals surface area (Å²) >= 11 is 7.11. The molecule has 1 aromatic heterocycles. The van der Waals surface area contributed by atoms with Crippen molar-refractivity contribution in [2.24, 2.45) is 0 Å². The zero-order valence-corrected chi connectivity index (χ0v) is 18.7. The fourth-order valence-electron chi connectivity index (χ4n) is 2.78. The van der Waals surface area contributed by atoms with Gasteiger partial charge in [-0.1, -0.05) is 29.4 Å². The number of aromatic nitrogens is 3. The molecule has 0 aliphatic rings. The van der Waals surface area contributed by atoms with Crippen LogP contribution in [0.1, 0.15) is 12.7 Å². The Hall–Kier alpha value is -3.04. The van der Waals surface area contributed by atoms with Gasteiger partial charge in [-0.3, -0.25) is 9.59 Å². The van der Waals surface area contributed by atoms with Gasteiger partial charge in [0.25, 0.3) is 0 Å². The molecule has 0 aliphatic heterocycles. The van der Waals surface area contributed by atoms with Gasteiger partial charge >= 0.3 is 0 Å². The van der Waals surface area contributed by atoms with Gasteiger partial charge in [-0.05, 0) is 43.3 Å². The number of anilines is 2. The molecule has 0 radical (unpaired) electrons. The fraction of sp³-hybridized carbons (Fsp3) is 0.238. The van der Waals surface area contributed by atoms with Gasteiger partial charge in [0.15, 0.2) is 5.16 Å². The Labute approximate surface area is 189 Å². The zero-order chi connectivity index (χ0) is 22.2. The lowest BCUT2D eigenvalue weighted by Crippen LogP contribution is -2.18. The maximum absolute atomic E-state index is 12.4. The van der Waals surface area contributed by atoms with Crippen molar-refractivity contribution in [3.8, 4) is 5.75 Å². The van der Waals surface area contributed by atoms with E-state index in [-0.39, 0.29) is 24.0 Å². The summed E-state index contributed by atoms with van der Waals surface area (Å²) < 4.78 is 6.99. The summed E-state index contributed by atoms with van der Waals surface area (Å²) in [6, 6.07) is 14.0. The molecule has 10 heteroatoms. The van der Waals surface area contributed by atoms with Crippen LogP contribution in [0.15, 0.2) is 53.7 Å².